The average Bonchev–Trinajstić information content (AvgIpc) is 2.42. The molecule has 13 heavy (non-hydrogen) atoms. The maximum Gasteiger partial charge on any atom is 0.335 e. The molecular weight excluding hydrogens is 206 g/mol. The van der Waals surface area contributed by atoms with Gasteiger partial charge in [-0.1, -0.05) is 0 Å². The Bertz CT molecular complexity index is 526. The highest BCUT2D eigenvalue weighted by atomic mass is 32.1. The molecule has 2 N–H and O–H groups in total. The van der Waals surface area contributed by atoms with E-state index in [1.54, 1.807) is 18.2 Å². The third kappa shape index (κ3) is 1.48. The molecule has 0 bridgehead atoms. The third-order valence-electron chi connectivity index (χ3n) is 1.67. The second kappa shape index (κ2) is 2.93. The first-order chi connectivity index (χ1) is 6.16. The Balaban J connectivity index is 2.74. The number of aromatic amines is 1. The van der Waals surface area contributed by atoms with Gasteiger partial charge in [0.2, 0.25) is 0 Å². The number of carboxylic acids is 1. The van der Waals surface area contributed by atoms with Crippen LogP contribution in [0.15, 0.2) is 18.2 Å². The Morgan fingerprint density at radius 1 is 1.54 bits per heavy atom. The van der Waals surface area contributed by atoms with Crippen LogP contribution in [0.2, 0.25) is 0 Å². The van der Waals surface area contributed by atoms with Gasteiger partial charge in [0.15, 0.2) is 3.95 Å². The Kier molecular flexibility index (Phi) is 1.90. The van der Waals surface area contributed by atoms with Crippen molar-refractivity contribution in [1.29, 1.82) is 0 Å². The minimum atomic E-state index is -0.916. The van der Waals surface area contributed by atoms with Crippen molar-refractivity contribution in [2.45, 2.75) is 0 Å². The van der Waals surface area contributed by atoms with Crippen molar-refractivity contribution in [3.05, 3.63) is 27.7 Å². The maximum atomic E-state index is 10.6. The van der Waals surface area contributed by atoms with Gasteiger partial charge in [-0.05, 0) is 30.4 Å². The first kappa shape index (κ1) is 8.40. The zero-order chi connectivity index (χ0) is 9.42. The van der Waals surface area contributed by atoms with Crippen LogP contribution in [-0.2, 0) is 0 Å². The van der Waals surface area contributed by atoms with Gasteiger partial charge in [-0.25, -0.2) is 4.79 Å². The quantitative estimate of drug-likeness (QED) is 0.713. The highest BCUT2D eigenvalue weighted by Gasteiger charge is 2.04. The van der Waals surface area contributed by atoms with Crippen LogP contribution >= 0.6 is 23.6 Å². The van der Waals surface area contributed by atoms with Crippen LogP contribution < -0.4 is 0 Å². The van der Waals surface area contributed by atoms with Crippen molar-refractivity contribution in [2.75, 3.05) is 0 Å². The molecule has 1 heterocycles. The van der Waals surface area contributed by atoms with Crippen molar-refractivity contribution >= 4 is 39.7 Å². The van der Waals surface area contributed by atoms with Crippen LogP contribution in [-0.4, -0.2) is 16.1 Å². The van der Waals surface area contributed by atoms with Gasteiger partial charge >= 0.3 is 5.97 Å². The van der Waals surface area contributed by atoms with Crippen molar-refractivity contribution in [1.82, 2.24) is 4.98 Å². The van der Waals surface area contributed by atoms with Crippen LogP contribution in [0.5, 0.6) is 0 Å². The van der Waals surface area contributed by atoms with E-state index in [4.69, 9.17) is 17.3 Å². The van der Waals surface area contributed by atoms with Gasteiger partial charge in [0, 0.05) is 0 Å². The number of hydrogen-bond acceptors (Lipinski definition) is 3. The van der Waals surface area contributed by atoms with E-state index < -0.39 is 5.97 Å². The molecule has 0 spiro atoms. The molecule has 5 heteroatoms. The average molecular weight is 211 g/mol. The molecule has 0 atom stereocenters. The topological polar surface area (TPSA) is 53.1 Å². The predicted octanol–water partition coefficient (Wildman–Crippen LogP) is 2.66. The minimum absolute atomic E-state index is 0.290. The zero-order valence-corrected chi connectivity index (χ0v) is 8.04. The lowest BCUT2D eigenvalue weighted by Gasteiger charge is -1.92. The molecule has 66 valence electrons. The molecule has 2 rings (SSSR count). The van der Waals surface area contributed by atoms with E-state index in [2.05, 4.69) is 4.98 Å². The molecule has 0 aliphatic heterocycles. The van der Waals surface area contributed by atoms with E-state index in [1.807, 2.05) is 0 Å². The molecule has 0 amide bonds. The van der Waals surface area contributed by atoms with Gasteiger partial charge in [-0.15, -0.1) is 11.3 Å². The molecule has 1 aromatic heterocycles. The standard InChI is InChI=1S/C8H5NO2S2/c10-7(11)4-1-2-5-6(3-4)13-8(12)9-5/h1-3H,(H,9,12)(H,10,11). The SMILES string of the molecule is O=C(O)c1ccc2[nH]c(=S)sc2c1. The summed E-state index contributed by atoms with van der Waals surface area (Å²) in [6.07, 6.45) is 0. The molecule has 1 aromatic carbocycles. The van der Waals surface area contributed by atoms with Crippen LogP contribution in [0.4, 0.5) is 0 Å². The lowest BCUT2D eigenvalue weighted by atomic mass is 10.2. The number of thiazole rings is 1. The lowest BCUT2D eigenvalue weighted by molar-refractivity contribution is 0.0697. The first-order valence-electron chi connectivity index (χ1n) is 3.53. The largest absolute Gasteiger partial charge is 0.478 e. The van der Waals surface area contributed by atoms with Gasteiger partial charge in [0.25, 0.3) is 0 Å². The number of carbonyl (C=O) groups is 1. The highest BCUT2D eigenvalue weighted by molar-refractivity contribution is 7.73. The van der Waals surface area contributed by atoms with E-state index in [0.717, 1.165) is 10.2 Å². The first-order valence-corrected chi connectivity index (χ1v) is 4.75. The third-order valence-corrected chi connectivity index (χ3v) is 2.87. The number of carboxylic acid groups (broad SMARTS) is 1. The van der Waals surface area contributed by atoms with Crippen molar-refractivity contribution in [3.63, 3.8) is 0 Å². The number of rotatable bonds is 1. The van der Waals surface area contributed by atoms with Crippen molar-refractivity contribution in [2.24, 2.45) is 0 Å². The Morgan fingerprint density at radius 3 is 3.00 bits per heavy atom. The monoisotopic (exact) mass is 211 g/mol. The molecule has 0 unspecified atom stereocenters. The molecule has 0 aliphatic rings. The van der Waals surface area contributed by atoms with Gasteiger partial charge in [-0.2, -0.15) is 0 Å². The molecule has 2 aromatic rings. The van der Waals surface area contributed by atoms with E-state index in [-0.39, 0.29) is 5.56 Å². The summed E-state index contributed by atoms with van der Waals surface area (Å²) < 4.78 is 1.54. The summed E-state index contributed by atoms with van der Waals surface area (Å²) in [6.45, 7) is 0. The molecule has 0 radical (unpaired) electrons. The fourth-order valence-corrected chi connectivity index (χ4v) is 2.23. The summed E-state index contributed by atoms with van der Waals surface area (Å²) >= 11 is 6.32. The minimum Gasteiger partial charge on any atom is -0.478 e. The molecule has 0 fully saturated rings. The second-order valence-electron chi connectivity index (χ2n) is 2.53. The van der Waals surface area contributed by atoms with E-state index >= 15 is 0 Å². The van der Waals surface area contributed by atoms with E-state index in [0.29, 0.717) is 3.95 Å². The number of aromatic carboxylic acids is 1. The Labute approximate surface area is 82.7 Å². The molecular formula is C8H5NO2S2. The molecule has 0 saturated carbocycles. The fourth-order valence-electron chi connectivity index (χ4n) is 1.08. The van der Waals surface area contributed by atoms with Crippen molar-refractivity contribution in [3.8, 4) is 0 Å². The summed E-state index contributed by atoms with van der Waals surface area (Å²) in [7, 11) is 0. The number of hydrogen-bond donors (Lipinski definition) is 2. The summed E-state index contributed by atoms with van der Waals surface area (Å²) in [5.41, 5.74) is 1.18. The smallest absolute Gasteiger partial charge is 0.335 e. The zero-order valence-electron chi connectivity index (χ0n) is 6.40. The number of benzene rings is 1. The molecule has 0 saturated heterocycles. The molecule has 3 nitrogen and oxygen atoms in total. The summed E-state index contributed by atoms with van der Waals surface area (Å²) in [5.74, 6) is -0.916. The summed E-state index contributed by atoms with van der Waals surface area (Å²) in [5, 5.41) is 8.72. The second-order valence-corrected chi connectivity index (χ2v) is 4.25. The maximum absolute atomic E-state index is 10.6. The normalized spacial score (nSPS) is 10.5. The van der Waals surface area contributed by atoms with Gasteiger partial charge in [-0.3, -0.25) is 0 Å². The Hall–Kier alpha value is -1.20. The van der Waals surface area contributed by atoms with Gasteiger partial charge < -0.3 is 10.1 Å². The van der Waals surface area contributed by atoms with E-state index in [1.165, 1.54) is 11.3 Å². The van der Waals surface area contributed by atoms with E-state index in [9.17, 15) is 4.79 Å². The highest BCUT2D eigenvalue weighted by Crippen LogP contribution is 2.20. The van der Waals surface area contributed by atoms with Gasteiger partial charge in [0.05, 0.1) is 15.8 Å². The van der Waals surface area contributed by atoms with Crippen LogP contribution in [0.1, 0.15) is 10.4 Å². The number of fused-ring (bicyclic) bond motifs is 1. The molecule has 0 aliphatic carbocycles. The number of H-pyrrole nitrogens is 1. The van der Waals surface area contributed by atoms with Gasteiger partial charge in [0.1, 0.15) is 0 Å². The van der Waals surface area contributed by atoms with Crippen LogP contribution in [0.25, 0.3) is 10.2 Å². The van der Waals surface area contributed by atoms with Crippen molar-refractivity contribution < 1.29 is 9.90 Å². The summed E-state index contributed by atoms with van der Waals surface area (Å²) in [6, 6.07) is 4.91. The Morgan fingerprint density at radius 2 is 2.31 bits per heavy atom. The lowest BCUT2D eigenvalue weighted by Crippen LogP contribution is -1.94. The fraction of sp³-hybridized carbons (Fsp3) is 0. The van der Waals surface area contributed by atoms with Crippen LogP contribution in [0.3, 0.4) is 0 Å². The summed E-state index contributed by atoms with van der Waals surface area (Å²) in [4.78, 5) is 13.6. The number of aromatic nitrogens is 1. The predicted molar refractivity (Wildman–Crippen MR) is 54.0 cm³/mol. The number of nitrogens with one attached hydrogen (secondary N) is 1. The van der Waals surface area contributed by atoms with Crippen LogP contribution in [0, 0.1) is 3.95 Å².